The molecule has 1 unspecified atom stereocenters. The maximum absolute atomic E-state index is 5.57. The Morgan fingerprint density at radius 1 is 1.50 bits per heavy atom. The first-order valence-corrected chi connectivity index (χ1v) is 6.51. The number of hydrogen-bond acceptors (Lipinski definition) is 3. The van der Waals surface area contributed by atoms with Crippen LogP contribution in [0.2, 0.25) is 0 Å². The standard InChI is InChI=1S/C12H23ClN2O/c1-16-10-7-14-11-12-5-2-3-8-15(12)9-4-6-13/h4,6,12,14H,2-3,5,7-11H2,1H3. The molecule has 3 nitrogen and oxygen atoms in total. The first kappa shape index (κ1) is 14.0. The summed E-state index contributed by atoms with van der Waals surface area (Å²) in [5.74, 6) is 0. The molecule has 0 bridgehead atoms. The predicted molar refractivity (Wildman–Crippen MR) is 69.0 cm³/mol. The van der Waals surface area contributed by atoms with E-state index in [1.807, 2.05) is 6.08 Å². The molecule has 1 heterocycles. The number of methoxy groups -OCH3 is 1. The van der Waals surface area contributed by atoms with Crippen LogP contribution in [0.5, 0.6) is 0 Å². The van der Waals surface area contributed by atoms with Crippen LogP contribution in [0.15, 0.2) is 11.6 Å². The summed E-state index contributed by atoms with van der Waals surface area (Å²) < 4.78 is 5.02. The number of piperidine rings is 1. The summed E-state index contributed by atoms with van der Waals surface area (Å²) in [4.78, 5) is 2.50. The largest absolute Gasteiger partial charge is 0.383 e. The van der Waals surface area contributed by atoms with Crippen molar-refractivity contribution in [2.75, 3.05) is 39.9 Å². The topological polar surface area (TPSA) is 24.5 Å². The van der Waals surface area contributed by atoms with Gasteiger partial charge in [0.05, 0.1) is 6.61 Å². The van der Waals surface area contributed by atoms with Gasteiger partial charge in [0.2, 0.25) is 0 Å². The molecule has 1 fully saturated rings. The summed E-state index contributed by atoms with van der Waals surface area (Å²) in [7, 11) is 1.74. The Bertz CT molecular complexity index is 199. The molecule has 0 aromatic rings. The molecule has 16 heavy (non-hydrogen) atoms. The number of likely N-dealkylation sites (tertiary alicyclic amines) is 1. The Balaban J connectivity index is 2.23. The minimum absolute atomic E-state index is 0.651. The second kappa shape index (κ2) is 8.99. The van der Waals surface area contributed by atoms with Gasteiger partial charge < -0.3 is 10.1 Å². The molecule has 0 radical (unpaired) electrons. The fourth-order valence-electron chi connectivity index (χ4n) is 2.15. The second-order valence-electron chi connectivity index (χ2n) is 4.20. The van der Waals surface area contributed by atoms with E-state index < -0.39 is 0 Å². The maximum atomic E-state index is 5.57. The van der Waals surface area contributed by atoms with Crippen molar-refractivity contribution in [3.8, 4) is 0 Å². The monoisotopic (exact) mass is 246 g/mol. The highest BCUT2D eigenvalue weighted by atomic mass is 35.5. The van der Waals surface area contributed by atoms with Gasteiger partial charge >= 0.3 is 0 Å². The van der Waals surface area contributed by atoms with Crippen LogP contribution in [-0.4, -0.2) is 50.8 Å². The summed E-state index contributed by atoms with van der Waals surface area (Å²) in [6.07, 6.45) is 5.97. The third-order valence-corrected chi connectivity index (χ3v) is 3.22. The molecule has 0 saturated carbocycles. The van der Waals surface area contributed by atoms with E-state index in [0.29, 0.717) is 6.04 Å². The van der Waals surface area contributed by atoms with Crippen molar-refractivity contribution in [3.63, 3.8) is 0 Å². The maximum Gasteiger partial charge on any atom is 0.0587 e. The molecule has 0 spiro atoms. The SMILES string of the molecule is COCCNCC1CCCCN1CC=CCl. The zero-order chi connectivity index (χ0) is 11.6. The van der Waals surface area contributed by atoms with Gasteiger partial charge in [-0.15, -0.1) is 0 Å². The van der Waals surface area contributed by atoms with Crippen molar-refractivity contribution >= 4 is 11.6 Å². The van der Waals surface area contributed by atoms with Gasteiger partial charge in [-0.1, -0.05) is 24.1 Å². The molecule has 0 aliphatic carbocycles. The van der Waals surface area contributed by atoms with Crippen LogP contribution in [0.1, 0.15) is 19.3 Å². The van der Waals surface area contributed by atoms with Crippen LogP contribution < -0.4 is 5.32 Å². The van der Waals surface area contributed by atoms with E-state index in [2.05, 4.69) is 10.2 Å². The first-order chi connectivity index (χ1) is 7.88. The van der Waals surface area contributed by atoms with Gasteiger partial charge in [-0.2, -0.15) is 0 Å². The molecule has 0 amide bonds. The van der Waals surface area contributed by atoms with Gasteiger partial charge in [-0.3, -0.25) is 4.90 Å². The lowest BCUT2D eigenvalue weighted by Gasteiger charge is -2.35. The number of nitrogens with zero attached hydrogens (tertiary/aromatic N) is 1. The first-order valence-electron chi connectivity index (χ1n) is 6.07. The lowest BCUT2D eigenvalue weighted by molar-refractivity contribution is 0.154. The minimum atomic E-state index is 0.651. The van der Waals surface area contributed by atoms with Gasteiger partial charge in [-0.05, 0) is 19.4 Å². The average Bonchev–Trinajstić information content (AvgIpc) is 2.33. The molecular weight excluding hydrogens is 224 g/mol. The molecule has 0 aromatic carbocycles. The molecular formula is C12H23ClN2O. The molecule has 1 atom stereocenters. The predicted octanol–water partition coefficient (Wildman–Crippen LogP) is 1.83. The van der Waals surface area contributed by atoms with Gasteiger partial charge in [0, 0.05) is 38.3 Å². The summed E-state index contributed by atoms with van der Waals surface area (Å²) in [6, 6.07) is 0.651. The lowest BCUT2D eigenvalue weighted by Crippen LogP contribution is -2.45. The smallest absolute Gasteiger partial charge is 0.0587 e. The van der Waals surface area contributed by atoms with Crippen molar-refractivity contribution in [1.29, 1.82) is 0 Å². The highest BCUT2D eigenvalue weighted by Gasteiger charge is 2.20. The second-order valence-corrected chi connectivity index (χ2v) is 4.46. The van der Waals surface area contributed by atoms with Crippen LogP contribution in [-0.2, 0) is 4.74 Å². The quantitative estimate of drug-likeness (QED) is 0.694. The Morgan fingerprint density at radius 2 is 2.38 bits per heavy atom. The van der Waals surface area contributed by atoms with Gasteiger partial charge in [0.1, 0.15) is 0 Å². The van der Waals surface area contributed by atoms with E-state index in [1.165, 1.54) is 25.8 Å². The van der Waals surface area contributed by atoms with Crippen molar-refractivity contribution in [2.24, 2.45) is 0 Å². The van der Waals surface area contributed by atoms with Crippen molar-refractivity contribution in [2.45, 2.75) is 25.3 Å². The molecule has 1 saturated heterocycles. The van der Waals surface area contributed by atoms with E-state index in [9.17, 15) is 0 Å². The van der Waals surface area contributed by atoms with E-state index >= 15 is 0 Å². The molecule has 1 aliphatic rings. The van der Waals surface area contributed by atoms with Crippen LogP contribution in [0.25, 0.3) is 0 Å². The van der Waals surface area contributed by atoms with E-state index in [1.54, 1.807) is 12.6 Å². The zero-order valence-electron chi connectivity index (χ0n) is 10.1. The lowest BCUT2D eigenvalue weighted by atomic mass is 10.0. The molecule has 1 rings (SSSR count). The number of hydrogen-bond donors (Lipinski definition) is 1. The van der Waals surface area contributed by atoms with Crippen molar-refractivity contribution in [3.05, 3.63) is 11.6 Å². The molecule has 4 heteroatoms. The number of rotatable bonds is 7. The highest BCUT2D eigenvalue weighted by Crippen LogP contribution is 2.16. The minimum Gasteiger partial charge on any atom is -0.383 e. The number of nitrogens with one attached hydrogen (secondary N) is 1. The third-order valence-electron chi connectivity index (χ3n) is 3.04. The normalized spacial score (nSPS) is 23.0. The fraction of sp³-hybridized carbons (Fsp3) is 0.833. The van der Waals surface area contributed by atoms with Crippen molar-refractivity contribution in [1.82, 2.24) is 10.2 Å². The van der Waals surface area contributed by atoms with Gasteiger partial charge in [-0.25, -0.2) is 0 Å². The summed E-state index contributed by atoms with van der Waals surface area (Å²) in [5.41, 5.74) is 1.62. The number of ether oxygens (including phenoxy) is 1. The van der Waals surface area contributed by atoms with E-state index in [4.69, 9.17) is 16.3 Å². The average molecular weight is 247 g/mol. The van der Waals surface area contributed by atoms with Crippen LogP contribution in [0, 0.1) is 0 Å². The Labute approximate surface area is 104 Å². The van der Waals surface area contributed by atoms with Gasteiger partial charge in [0.15, 0.2) is 0 Å². The van der Waals surface area contributed by atoms with Crippen LogP contribution >= 0.6 is 11.6 Å². The van der Waals surface area contributed by atoms with E-state index in [0.717, 1.165) is 26.2 Å². The fourth-order valence-corrected chi connectivity index (χ4v) is 2.23. The van der Waals surface area contributed by atoms with Crippen LogP contribution in [0.3, 0.4) is 0 Å². The van der Waals surface area contributed by atoms with E-state index in [-0.39, 0.29) is 0 Å². The Hall–Kier alpha value is -0.0900. The summed E-state index contributed by atoms with van der Waals surface area (Å²) in [5, 5.41) is 3.44. The molecule has 1 N–H and O–H groups in total. The summed E-state index contributed by atoms with van der Waals surface area (Å²) >= 11 is 5.57. The molecule has 1 aliphatic heterocycles. The van der Waals surface area contributed by atoms with Crippen LogP contribution in [0.4, 0.5) is 0 Å². The zero-order valence-corrected chi connectivity index (χ0v) is 10.9. The summed E-state index contributed by atoms with van der Waals surface area (Å²) in [6.45, 7) is 4.94. The van der Waals surface area contributed by atoms with Crippen molar-refractivity contribution < 1.29 is 4.74 Å². The molecule has 0 aromatic heterocycles. The number of halogens is 1. The van der Waals surface area contributed by atoms with Gasteiger partial charge in [0.25, 0.3) is 0 Å². The Morgan fingerprint density at radius 3 is 3.12 bits per heavy atom. The Kier molecular flexibility index (Phi) is 7.85. The molecule has 94 valence electrons. The third kappa shape index (κ3) is 5.30. The highest BCUT2D eigenvalue weighted by molar-refractivity contribution is 6.25.